The number of amides is 1. The smallest absolute Gasteiger partial charge is 0.323 e. The summed E-state index contributed by atoms with van der Waals surface area (Å²) < 4.78 is 0. The molecule has 0 atom stereocenters. The number of hydrogen-bond acceptors (Lipinski definition) is 3. The van der Waals surface area contributed by atoms with Gasteiger partial charge in [-0.15, -0.1) is 6.42 Å². The molecule has 0 fully saturated rings. The molecular weight excluding hydrogens is 208 g/mol. The predicted octanol–water partition coefficient (Wildman–Crippen LogP) is 0.242. The van der Waals surface area contributed by atoms with Gasteiger partial charge in [-0.2, -0.15) is 0 Å². The van der Waals surface area contributed by atoms with Gasteiger partial charge in [-0.25, -0.2) is 0 Å². The first kappa shape index (κ1) is 11.7. The molecule has 0 aliphatic heterocycles. The predicted molar refractivity (Wildman–Crippen MR) is 56.6 cm³/mol. The summed E-state index contributed by atoms with van der Waals surface area (Å²) in [6, 6.07) is 3.02. The Hall–Kier alpha value is -2.35. The van der Waals surface area contributed by atoms with Crippen LogP contribution in [0.15, 0.2) is 24.5 Å². The number of aliphatic carboxylic acids is 1. The number of pyridine rings is 1. The van der Waals surface area contributed by atoms with E-state index in [2.05, 4.69) is 10.9 Å². The van der Waals surface area contributed by atoms with E-state index >= 15 is 0 Å². The minimum atomic E-state index is -1.10. The van der Waals surface area contributed by atoms with Crippen molar-refractivity contribution in [3.05, 3.63) is 30.1 Å². The molecule has 1 aromatic heterocycles. The molecular formula is C11H10N2O3. The van der Waals surface area contributed by atoms with Crippen LogP contribution in [0.25, 0.3) is 0 Å². The summed E-state index contributed by atoms with van der Waals surface area (Å²) in [6.07, 6.45) is 7.99. The molecule has 82 valence electrons. The fourth-order valence-electron chi connectivity index (χ4n) is 1.15. The molecule has 16 heavy (non-hydrogen) atoms. The maximum absolute atomic E-state index is 11.8. The molecule has 1 rings (SSSR count). The molecule has 5 nitrogen and oxygen atoms in total. The highest BCUT2D eigenvalue weighted by molar-refractivity contribution is 5.95. The lowest BCUT2D eigenvalue weighted by atomic mass is 10.2. The van der Waals surface area contributed by atoms with Gasteiger partial charge in [0, 0.05) is 18.0 Å². The van der Waals surface area contributed by atoms with Crippen LogP contribution >= 0.6 is 0 Å². The second-order valence-electron chi connectivity index (χ2n) is 2.99. The van der Waals surface area contributed by atoms with E-state index in [1.54, 1.807) is 0 Å². The third-order valence-corrected chi connectivity index (χ3v) is 1.82. The van der Waals surface area contributed by atoms with Gasteiger partial charge < -0.3 is 10.0 Å². The Morgan fingerprint density at radius 1 is 1.44 bits per heavy atom. The van der Waals surface area contributed by atoms with E-state index in [1.807, 2.05) is 0 Å². The second kappa shape index (κ2) is 5.51. The molecule has 1 aromatic rings. The molecule has 1 heterocycles. The molecule has 0 saturated carbocycles. The maximum Gasteiger partial charge on any atom is 0.323 e. The van der Waals surface area contributed by atoms with Crippen molar-refractivity contribution in [2.75, 3.05) is 13.1 Å². The molecule has 0 saturated heterocycles. The zero-order valence-corrected chi connectivity index (χ0v) is 8.46. The molecule has 0 aromatic carbocycles. The first-order valence-corrected chi connectivity index (χ1v) is 4.49. The zero-order valence-electron chi connectivity index (χ0n) is 8.46. The average molecular weight is 218 g/mol. The van der Waals surface area contributed by atoms with E-state index in [0.29, 0.717) is 5.56 Å². The van der Waals surface area contributed by atoms with Crippen LogP contribution in [-0.2, 0) is 4.79 Å². The van der Waals surface area contributed by atoms with Crippen LogP contribution in [0.3, 0.4) is 0 Å². The number of aromatic nitrogens is 1. The van der Waals surface area contributed by atoms with Gasteiger partial charge in [-0.1, -0.05) is 5.92 Å². The first-order chi connectivity index (χ1) is 7.65. The quantitative estimate of drug-likeness (QED) is 0.735. The van der Waals surface area contributed by atoms with Crippen LogP contribution in [0.4, 0.5) is 0 Å². The van der Waals surface area contributed by atoms with E-state index < -0.39 is 18.4 Å². The van der Waals surface area contributed by atoms with Crippen molar-refractivity contribution in [2.45, 2.75) is 0 Å². The molecule has 1 amide bonds. The lowest BCUT2D eigenvalue weighted by molar-refractivity contribution is -0.137. The molecule has 0 aliphatic rings. The number of nitrogens with zero attached hydrogens (tertiary/aromatic N) is 2. The molecule has 0 radical (unpaired) electrons. The van der Waals surface area contributed by atoms with E-state index in [0.717, 1.165) is 4.90 Å². The van der Waals surface area contributed by atoms with Gasteiger partial charge in [-0.3, -0.25) is 14.6 Å². The number of carboxylic acid groups (broad SMARTS) is 1. The highest BCUT2D eigenvalue weighted by Crippen LogP contribution is 2.02. The Morgan fingerprint density at radius 2 is 2.06 bits per heavy atom. The average Bonchev–Trinajstić information content (AvgIpc) is 2.28. The second-order valence-corrected chi connectivity index (χ2v) is 2.99. The van der Waals surface area contributed by atoms with Crippen molar-refractivity contribution in [3.8, 4) is 12.3 Å². The lowest BCUT2D eigenvalue weighted by Gasteiger charge is -2.17. The van der Waals surface area contributed by atoms with Gasteiger partial charge in [0.15, 0.2) is 0 Å². The highest BCUT2D eigenvalue weighted by Gasteiger charge is 2.17. The van der Waals surface area contributed by atoms with Crippen molar-refractivity contribution in [1.82, 2.24) is 9.88 Å². The van der Waals surface area contributed by atoms with Crippen molar-refractivity contribution >= 4 is 11.9 Å². The minimum Gasteiger partial charge on any atom is -0.480 e. The van der Waals surface area contributed by atoms with Crippen LogP contribution < -0.4 is 0 Å². The van der Waals surface area contributed by atoms with Gasteiger partial charge in [0.25, 0.3) is 5.91 Å². The Morgan fingerprint density at radius 3 is 2.56 bits per heavy atom. The number of rotatable bonds is 4. The van der Waals surface area contributed by atoms with E-state index in [9.17, 15) is 9.59 Å². The number of carbonyl (C=O) groups is 2. The largest absolute Gasteiger partial charge is 0.480 e. The SMILES string of the molecule is C#CCN(CC(=O)O)C(=O)c1ccncc1. The summed E-state index contributed by atoms with van der Waals surface area (Å²) >= 11 is 0. The van der Waals surface area contributed by atoms with Crippen molar-refractivity contribution in [1.29, 1.82) is 0 Å². The summed E-state index contributed by atoms with van der Waals surface area (Å²) in [5, 5.41) is 8.63. The topological polar surface area (TPSA) is 70.5 Å². The number of carboxylic acids is 1. The van der Waals surface area contributed by atoms with Crippen molar-refractivity contribution < 1.29 is 14.7 Å². The summed E-state index contributed by atoms with van der Waals surface area (Å²) in [4.78, 5) is 27.2. The number of carbonyl (C=O) groups excluding carboxylic acids is 1. The summed E-state index contributed by atoms with van der Waals surface area (Å²) in [7, 11) is 0. The van der Waals surface area contributed by atoms with Gasteiger partial charge in [0.1, 0.15) is 6.54 Å². The third kappa shape index (κ3) is 3.10. The van der Waals surface area contributed by atoms with Gasteiger partial charge in [-0.05, 0) is 12.1 Å². The van der Waals surface area contributed by atoms with Crippen molar-refractivity contribution in [3.63, 3.8) is 0 Å². The van der Waals surface area contributed by atoms with Crippen LogP contribution in [0.2, 0.25) is 0 Å². The standard InChI is InChI=1S/C11H10N2O3/c1-2-7-13(8-10(14)15)11(16)9-3-5-12-6-4-9/h1,3-6H,7-8H2,(H,14,15). The summed E-state index contributed by atoms with van der Waals surface area (Å²) in [5.74, 6) is 0.736. The number of terminal acetylenes is 1. The molecule has 1 N–H and O–H groups in total. The normalized spacial score (nSPS) is 9.19. The van der Waals surface area contributed by atoms with Gasteiger partial charge in [0.05, 0.1) is 6.54 Å². The Balaban J connectivity index is 2.84. The number of hydrogen-bond donors (Lipinski definition) is 1. The van der Waals surface area contributed by atoms with Crippen LogP contribution in [0, 0.1) is 12.3 Å². The summed E-state index contributed by atoms with van der Waals surface area (Å²) in [6.45, 7) is -0.446. The molecule has 0 bridgehead atoms. The fraction of sp³-hybridized carbons (Fsp3) is 0.182. The molecule has 0 spiro atoms. The van der Waals surface area contributed by atoms with E-state index in [4.69, 9.17) is 11.5 Å². The summed E-state index contributed by atoms with van der Waals surface area (Å²) in [5.41, 5.74) is 0.367. The first-order valence-electron chi connectivity index (χ1n) is 4.49. The highest BCUT2D eigenvalue weighted by atomic mass is 16.4. The van der Waals surface area contributed by atoms with Gasteiger partial charge >= 0.3 is 5.97 Å². The van der Waals surface area contributed by atoms with Crippen molar-refractivity contribution in [2.24, 2.45) is 0 Å². The molecule has 0 unspecified atom stereocenters. The fourth-order valence-corrected chi connectivity index (χ4v) is 1.15. The lowest BCUT2D eigenvalue weighted by Crippen LogP contribution is -2.35. The molecule has 5 heteroatoms. The molecule has 0 aliphatic carbocycles. The minimum absolute atomic E-state index is 0.0343. The van der Waals surface area contributed by atoms with E-state index in [-0.39, 0.29) is 6.54 Å². The Kier molecular flexibility index (Phi) is 4.04. The van der Waals surface area contributed by atoms with Crippen LogP contribution in [0.5, 0.6) is 0 Å². The third-order valence-electron chi connectivity index (χ3n) is 1.82. The maximum atomic E-state index is 11.8. The van der Waals surface area contributed by atoms with Crippen LogP contribution in [-0.4, -0.2) is 40.0 Å². The Labute approximate surface area is 92.7 Å². The van der Waals surface area contributed by atoms with Gasteiger partial charge in [0.2, 0.25) is 0 Å². The zero-order chi connectivity index (χ0) is 12.0. The Bertz CT molecular complexity index is 423. The van der Waals surface area contributed by atoms with Crippen LogP contribution in [0.1, 0.15) is 10.4 Å². The van der Waals surface area contributed by atoms with E-state index in [1.165, 1.54) is 24.5 Å². The monoisotopic (exact) mass is 218 g/mol.